The number of aliphatic carboxylic acids is 1. The Morgan fingerprint density at radius 1 is 1.43 bits per heavy atom. The van der Waals surface area contributed by atoms with Crippen LogP contribution < -0.4 is 0 Å². The minimum absolute atomic E-state index is 0.0271. The number of ketones is 1. The summed E-state index contributed by atoms with van der Waals surface area (Å²) in [5.41, 5.74) is 1.57. The van der Waals surface area contributed by atoms with Crippen molar-refractivity contribution in [2.24, 2.45) is 5.92 Å². The van der Waals surface area contributed by atoms with Gasteiger partial charge < -0.3 is 5.11 Å². The molecule has 2 aromatic rings. The predicted octanol–water partition coefficient (Wildman–Crippen LogP) is 3.69. The molecule has 1 aromatic heterocycles. The maximum atomic E-state index is 11.8. The number of benzene rings is 1. The summed E-state index contributed by atoms with van der Waals surface area (Å²) in [5, 5.41) is 12.0. The van der Waals surface area contributed by atoms with Crippen molar-refractivity contribution in [1.82, 2.24) is 4.98 Å². The van der Waals surface area contributed by atoms with Crippen LogP contribution in [-0.2, 0) is 16.0 Å². The quantitative estimate of drug-likeness (QED) is 0.880. The van der Waals surface area contributed by atoms with Gasteiger partial charge in [-0.15, -0.1) is 11.3 Å². The molecule has 0 bridgehead atoms. The summed E-state index contributed by atoms with van der Waals surface area (Å²) >= 11 is 7.38. The van der Waals surface area contributed by atoms with E-state index in [-0.39, 0.29) is 18.6 Å². The Morgan fingerprint density at radius 2 is 2.19 bits per heavy atom. The van der Waals surface area contributed by atoms with Crippen LogP contribution in [-0.4, -0.2) is 21.8 Å². The third-order valence-electron chi connectivity index (χ3n) is 2.96. The van der Waals surface area contributed by atoms with Crippen molar-refractivity contribution < 1.29 is 14.7 Å². The molecule has 0 saturated heterocycles. The fraction of sp³-hybridized carbons (Fsp3) is 0.267. The van der Waals surface area contributed by atoms with Crippen molar-refractivity contribution in [2.75, 3.05) is 0 Å². The number of carbonyl (C=O) groups excluding carboxylic acids is 1. The molecule has 0 aliphatic carbocycles. The first kappa shape index (κ1) is 15.7. The summed E-state index contributed by atoms with van der Waals surface area (Å²) in [7, 11) is 0. The molecule has 0 spiro atoms. The number of hydrogen-bond acceptors (Lipinski definition) is 4. The van der Waals surface area contributed by atoms with Crippen molar-refractivity contribution >= 4 is 34.7 Å². The van der Waals surface area contributed by atoms with E-state index in [2.05, 4.69) is 4.98 Å². The first-order chi connectivity index (χ1) is 9.95. The van der Waals surface area contributed by atoms with Crippen molar-refractivity contribution in [1.29, 1.82) is 0 Å². The number of carboxylic acids is 1. The standard InChI is InChI=1S/C15H14ClNO3S/c1-9(15(19)20)5-13(18)7-12-8-21-14(17-12)10-3-2-4-11(16)6-10/h2-4,6,8-9H,5,7H2,1H3,(H,19,20)/t9-/m1/s1. The van der Waals surface area contributed by atoms with Gasteiger partial charge in [0.1, 0.15) is 10.8 Å². The molecule has 0 unspecified atom stereocenters. The molecule has 1 heterocycles. The van der Waals surface area contributed by atoms with E-state index in [1.807, 2.05) is 23.6 Å². The largest absolute Gasteiger partial charge is 0.481 e. The van der Waals surface area contributed by atoms with E-state index in [1.54, 1.807) is 6.07 Å². The van der Waals surface area contributed by atoms with Crippen molar-refractivity contribution in [3.8, 4) is 10.6 Å². The average Bonchev–Trinajstić information content (AvgIpc) is 2.86. The lowest BCUT2D eigenvalue weighted by molar-refractivity contribution is -0.143. The molecule has 0 fully saturated rings. The molecule has 21 heavy (non-hydrogen) atoms. The van der Waals surface area contributed by atoms with Crippen LogP contribution in [0, 0.1) is 5.92 Å². The normalized spacial score (nSPS) is 12.1. The summed E-state index contributed by atoms with van der Waals surface area (Å²) < 4.78 is 0. The second kappa shape index (κ2) is 6.83. The highest BCUT2D eigenvalue weighted by Crippen LogP contribution is 2.26. The molecule has 1 atom stereocenters. The van der Waals surface area contributed by atoms with E-state index in [4.69, 9.17) is 16.7 Å². The maximum absolute atomic E-state index is 11.8. The summed E-state index contributed by atoms with van der Waals surface area (Å²) in [4.78, 5) is 26.9. The highest BCUT2D eigenvalue weighted by atomic mass is 35.5. The highest BCUT2D eigenvalue weighted by molar-refractivity contribution is 7.13. The molecule has 0 radical (unpaired) electrons. The van der Waals surface area contributed by atoms with Gasteiger partial charge >= 0.3 is 5.97 Å². The number of halogens is 1. The first-order valence-corrected chi connectivity index (χ1v) is 7.66. The number of thiazole rings is 1. The predicted molar refractivity (Wildman–Crippen MR) is 82.7 cm³/mol. The number of carboxylic acid groups (broad SMARTS) is 1. The van der Waals surface area contributed by atoms with Gasteiger partial charge in [0.25, 0.3) is 0 Å². The summed E-state index contributed by atoms with van der Waals surface area (Å²) in [5.74, 6) is -1.74. The van der Waals surface area contributed by atoms with Crippen LogP contribution in [0.25, 0.3) is 10.6 Å². The Labute approximate surface area is 131 Å². The highest BCUT2D eigenvalue weighted by Gasteiger charge is 2.17. The average molecular weight is 324 g/mol. The van der Waals surface area contributed by atoms with Gasteiger partial charge in [0.05, 0.1) is 11.6 Å². The van der Waals surface area contributed by atoms with Crippen molar-refractivity contribution in [3.63, 3.8) is 0 Å². The molecule has 6 heteroatoms. The van der Waals surface area contributed by atoms with Gasteiger partial charge in [-0.3, -0.25) is 9.59 Å². The fourth-order valence-electron chi connectivity index (χ4n) is 1.85. The number of Topliss-reactive ketones (excluding diaryl/α,β-unsaturated/α-hetero) is 1. The second-order valence-corrected chi connectivity index (χ2v) is 6.11. The molecular formula is C15H14ClNO3S. The van der Waals surface area contributed by atoms with E-state index in [1.165, 1.54) is 18.3 Å². The summed E-state index contributed by atoms with van der Waals surface area (Å²) in [6.45, 7) is 1.53. The molecule has 1 aromatic carbocycles. The third kappa shape index (κ3) is 4.37. The fourth-order valence-corrected chi connectivity index (χ4v) is 2.85. The maximum Gasteiger partial charge on any atom is 0.306 e. The Balaban J connectivity index is 2.03. The molecule has 1 N–H and O–H groups in total. The van der Waals surface area contributed by atoms with Gasteiger partial charge in [0.2, 0.25) is 0 Å². The van der Waals surface area contributed by atoms with E-state index in [0.717, 1.165) is 10.6 Å². The molecule has 0 saturated carbocycles. The Hall–Kier alpha value is -1.72. The van der Waals surface area contributed by atoms with Crippen LogP contribution in [0.2, 0.25) is 5.02 Å². The number of nitrogens with zero attached hydrogens (tertiary/aromatic N) is 1. The van der Waals surface area contributed by atoms with Crippen molar-refractivity contribution in [2.45, 2.75) is 19.8 Å². The van der Waals surface area contributed by atoms with Gasteiger partial charge in [-0.05, 0) is 12.1 Å². The zero-order valence-corrected chi connectivity index (χ0v) is 12.9. The lowest BCUT2D eigenvalue weighted by Gasteiger charge is -2.03. The first-order valence-electron chi connectivity index (χ1n) is 6.40. The van der Waals surface area contributed by atoms with Gasteiger partial charge in [0.15, 0.2) is 0 Å². The number of rotatable bonds is 6. The molecule has 0 aliphatic rings. The monoisotopic (exact) mass is 323 g/mol. The molecule has 2 rings (SSSR count). The Bertz CT molecular complexity index is 668. The minimum Gasteiger partial charge on any atom is -0.481 e. The van der Waals surface area contributed by atoms with Crippen molar-refractivity contribution in [3.05, 3.63) is 40.4 Å². The SMILES string of the molecule is C[C@H](CC(=O)Cc1csc(-c2cccc(Cl)c2)n1)C(=O)O. The minimum atomic E-state index is -0.957. The molecule has 0 aliphatic heterocycles. The topological polar surface area (TPSA) is 67.3 Å². The zero-order valence-electron chi connectivity index (χ0n) is 11.4. The third-order valence-corrected chi connectivity index (χ3v) is 4.13. The summed E-state index contributed by atoms with van der Waals surface area (Å²) in [6, 6.07) is 7.36. The lowest BCUT2D eigenvalue weighted by Crippen LogP contribution is -2.16. The van der Waals surface area contributed by atoms with Crippen LogP contribution in [0.5, 0.6) is 0 Å². The smallest absolute Gasteiger partial charge is 0.306 e. The number of carbonyl (C=O) groups is 2. The van der Waals surface area contributed by atoms with Gasteiger partial charge in [-0.2, -0.15) is 0 Å². The van der Waals surface area contributed by atoms with Gasteiger partial charge in [-0.25, -0.2) is 4.98 Å². The summed E-state index contributed by atoms with van der Waals surface area (Å²) in [6.07, 6.45) is 0.189. The van der Waals surface area contributed by atoms with Crippen LogP contribution >= 0.6 is 22.9 Å². The zero-order chi connectivity index (χ0) is 15.4. The van der Waals surface area contributed by atoms with E-state index in [9.17, 15) is 9.59 Å². The number of aromatic nitrogens is 1. The van der Waals surface area contributed by atoms with Crippen LogP contribution in [0.15, 0.2) is 29.6 Å². The lowest BCUT2D eigenvalue weighted by atomic mass is 10.0. The van der Waals surface area contributed by atoms with Crippen LogP contribution in [0.1, 0.15) is 19.0 Å². The molecule has 0 amide bonds. The molecular weight excluding hydrogens is 310 g/mol. The van der Waals surface area contributed by atoms with E-state index >= 15 is 0 Å². The van der Waals surface area contributed by atoms with E-state index < -0.39 is 11.9 Å². The van der Waals surface area contributed by atoms with Gasteiger partial charge in [0, 0.05) is 28.8 Å². The van der Waals surface area contributed by atoms with Gasteiger partial charge in [-0.1, -0.05) is 30.7 Å². The Morgan fingerprint density at radius 3 is 2.86 bits per heavy atom. The molecule has 4 nitrogen and oxygen atoms in total. The second-order valence-electron chi connectivity index (χ2n) is 4.81. The molecule has 110 valence electrons. The van der Waals surface area contributed by atoms with Crippen LogP contribution in [0.3, 0.4) is 0 Å². The number of hydrogen-bond donors (Lipinski definition) is 1. The van der Waals surface area contributed by atoms with Crippen LogP contribution in [0.4, 0.5) is 0 Å². The van der Waals surface area contributed by atoms with E-state index in [0.29, 0.717) is 10.7 Å². The Kier molecular flexibility index (Phi) is 5.09.